The number of hydrazine groups is 1. The second-order valence-corrected chi connectivity index (χ2v) is 2.63. The van der Waals surface area contributed by atoms with Gasteiger partial charge in [0.1, 0.15) is 5.82 Å². The molecule has 0 atom stereocenters. The molecule has 0 aromatic heterocycles. The Labute approximate surface area is 66.3 Å². The SMILES string of the molecule is NNc1ccc(Br)c(F)c1. The fourth-order valence-corrected chi connectivity index (χ4v) is 0.833. The molecule has 4 heteroatoms. The van der Waals surface area contributed by atoms with Crippen LogP contribution in [0.25, 0.3) is 0 Å². The quantitative estimate of drug-likeness (QED) is 0.542. The molecule has 0 saturated carbocycles. The Bertz CT molecular complexity index is 239. The van der Waals surface area contributed by atoms with Crippen molar-refractivity contribution in [3.63, 3.8) is 0 Å². The lowest BCUT2D eigenvalue weighted by Crippen LogP contribution is -2.06. The van der Waals surface area contributed by atoms with E-state index in [0.29, 0.717) is 10.2 Å². The van der Waals surface area contributed by atoms with E-state index in [9.17, 15) is 4.39 Å². The molecule has 0 unspecified atom stereocenters. The molecule has 3 N–H and O–H groups in total. The van der Waals surface area contributed by atoms with Crippen LogP contribution in [0.1, 0.15) is 0 Å². The maximum absolute atomic E-state index is 12.6. The first kappa shape index (κ1) is 7.50. The maximum Gasteiger partial charge on any atom is 0.139 e. The van der Waals surface area contributed by atoms with Gasteiger partial charge >= 0.3 is 0 Å². The van der Waals surface area contributed by atoms with Gasteiger partial charge in [-0.3, -0.25) is 5.84 Å². The summed E-state index contributed by atoms with van der Waals surface area (Å²) in [5.41, 5.74) is 2.89. The van der Waals surface area contributed by atoms with Gasteiger partial charge in [0.15, 0.2) is 0 Å². The monoisotopic (exact) mass is 204 g/mol. The van der Waals surface area contributed by atoms with Gasteiger partial charge in [0.25, 0.3) is 0 Å². The van der Waals surface area contributed by atoms with Gasteiger partial charge in [0.2, 0.25) is 0 Å². The lowest BCUT2D eigenvalue weighted by molar-refractivity contribution is 0.621. The average Bonchev–Trinajstić information content (AvgIpc) is 1.95. The van der Waals surface area contributed by atoms with Crippen LogP contribution in [0.5, 0.6) is 0 Å². The summed E-state index contributed by atoms with van der Waals surface area (Å²) in [6.07, 6.45) is 0. The van der Waals surface area contributed by atoms with Crippen molar-refractivity contribution >= 4 is 21.6 Å². The molecule has 0 bridgehead atoms. The molecule has 54 valence electrons. The third-order valence-corrected chi connectivity index (χ3v) is 1.73. The smallest absolute Gasteiger partial charge is 0.139 e. The Hall–Kier alpha value is -0.610. The van der Waals surface area contributed by atoms with Crippen LogP contribution < -0.4 is 11.3 Å². The van der Waals surface area contributed by atoms with Crippen LogP contribution in [-0.4, -0.2) is 0 Å². The van der Waals surface area contributed by atoms with Gasteiger partial charge in [-0.15, -0.1) is 0 Å². The van der Waals surface area contributed by atoms with Crippen LogP contribution in [0.3, 0.4) is 0 Å². The van der Waals surface area contributed by atoms with Crippen molar-refractivity contribution in [3.05, 3.63) is 28.5 Å². The van der Waals surface area contributed by atoms with E-state index in [0.717, 1.165) is 0 Å². The summed E-state index contributed by atoms with van der Waals surface area (Å²) in [4.78, 5) is 0. The summed E-state index contributed by atoms with van der Waals surface area (Å²) in [5, 5.41) is 0. The lowest BCUT2D eigenvalue weighted by Gasteiger charge is -1.99. The zero-order valence-electron chi connectivity index (χ0n) is 5.07. The minimum absolute atomic E-state index is 0.324. The normalized spacial score (nSPS) is 9.50. The standard InChI is InChI=1S/C6H6BrFN2/c7-5-2-1-4(10-9)3-6(5)8/h1-3,10H,9H2. The van der Waals surface area contributed by atoms with E-state index in [1.165, 1.54) is 6.07 Å². The van der Waals surface area contributed by atoms with Crippen molar-refractivity contribution in [3.8, 4) is 0 Å². The largest absolute Gasteiger partial charge is 0.324 e. The van der Waals surface area contributed by atoms with E-state index in [4.69, 9.17) is 5.84 Å². The molecule has 1 rings (SSSR count). The molecule has 0 spiro atoms. The van der Waals surface area contributed by atoms with E-state index in [1.54, 1.807) is 12.1 Å². The number of anilines is 1. The van der Waals surface area contributed by atoms with Crippen LogP contribution in [0.2, 0.25) is 0 Å². The van der Waals surface area contributed by atoms with Crippen molar-refractivity contribution in [2.75, 3.05) is 5.43 Å². The van der Waals surface area contributed by atoms with Crippen LogP contribution >= 0.6 is 15.9 Å². The van der Waals surface area contributed by atoms with Gasteiger partial charge in [0.05, 0.1) is 10.2 Å². The Balaban J connectivity index is 3.04. The first-order valence-corrected chi connectivity index (χ1v) is 3.45. The van der Waals surface area contributed by atoms with Crippen molar-refractivity contribution in [2.24, 2.45) is 5.84 Å². The summed E-state index contributed by atoms with van der Waals surface area (Å²) in [5.74, 6) is 4.71. The van der Waals surface area contributed by atoms with E-state index in [-0.39, 0.29) is 5.82 Å². The molecule has 2 nitrogen and oxygen atoms in total. The van der Waals surface area contributed by atoms with Crippen LogP contribution in [0, 0.1) is 5.82 Å². The number of hydrogen-bond acceptors (Lipinski definition) is 2. The topological polar surface area (TPSA) is 38.0 Å². The Morgan fingerprint density at radius 1 is 1.50 bits per heavy atom. The number of hydrogen-bond donors (Lipinski definition) is 2. The third-order valence-electron chi connectivity index (χ3n) is 1.09. The molecule has 1 aromatic carbocycles. The second kappa shape index (κ2) is 2.98. The zero-order chi connectivity index (χ0) is 7.56. The Kier molecular flexibility index (Phi) is 2.24. The van der Waals surface area contributed by atoms with Gasteiger partial charge in [-0.2, -0.15) is 0 Å². The summed E-state index contributed by atoms with van der Waals surface area (Å²) in [6, 6.07) is 4.57. The summed E-state index contributed by atoms with van der Waals surface area (Å²) in [6.45, 7) is 0. The van der Waals surface area contributed by atoms with Crippen LogP contribution in [-0.2, 0) is 0 Å². The molecule has 0 aliphatic heterocycles. The van der Waals surface area contributed by atoms with Crippen LogP contribution in [0.4, 0.5) is 10.1 Å². The number of halogens is 2. The second-order valence-electron chi connectivity index (χ2n) is 1.77. The molecule has 0 radical (unpaired) electrons. The predicted molar refractivity (Wildman–Crippen MR) is 41.9 cm³/mol. The van der Waals surface area contributed by atoms with Crippen molar-refractivity contribution in [1.82, 2.24) is 0 Å². The number of nitrogens with one attached hydrogen (secondary N) is 1. The lowest BCUT2D eigenvalue weighted by atomic mass is 10.3. The Morgan fingerprint density at radius 2 is 2.20 bits per heavy atom. The number of rotatable bonds is 1. The van der Waals surface area contributed by atoms with E-state index >= 15 is 0 Å². The highest BCUT2D eigenvalue weighted by atomic mass is 79.9. The average molecular weight is 205 g/mol. The van der Waals surface area contributed by atoms with Gasteiger partial charge in [-0.05, 0) is 34.1 Å². The molecule has 0 aliphatic carbocycles. The number of nitrogen functional groups attached to an aromatic ring is 1. The first-order valence-electron chi connectivity index (χ1n) is 2.65. The predicted octanol–water partition coefficient (Wildman–Crippen LogP) is 1.87. The van der Waals surface area contributed by atoms with Gasteiger partial charge in [0, 0.05) is 0 Å². The minimum atomic E-state index is -0.324. The zero-order valence-corrected chi connectivity index (χ0v) is 6.65. The molecule has 0 saturated heterocycles. The summed E-state index contributed by atoms with van der Waals surface area (Å²) in [7, 11) is 0. The fourth-order valence-electron chi connectivity index (χ4n) is 0.586. The first-order chi connectivity index (χ1) is 4.74. The Morgan fingerprint density at radius 3 is 2.70 bits per heavy atom. The highest BCUT2D eigenvalue weighted by molar-refractivity contribution is 9.10. The highest BCUT2D eigenvalue weighted by Crippen LogP contribution is 2.18. The van der Waals surface area contributed by atoms with Crippen molar-refractivity contribution in [2.45, 2.75) is 0 Å². The van der Waals surface area contributed by atoms with Crippen LogP contribution in [0.15, 0.2) is 22.7 Å². The molecule has 1 aromatic rings. The highest BCUT2D eigenvalue weighted by Gasteiger charge is 1.97. The van der Waals surface area contributed by atoms with Gasteiger partial charge in [-0.25, -0.2) is 4.39 Å². The third kappa shape index (κ3) is 1.46. The number of nitrogens with two attached hydrogens (primary N) is 1. The molecular weight excluding hydrogens is 199 g/mol. The van der Waals surface area contributed by atoms with Gasteiger partial charge in [-0.1, -0.05) is 0 Å². The molecule has 0 heterocycles. The summed E-state index contributed by atoms with van der Waals surface area (Å²) >= 11 is 3.01. The maximum atomic E-state index is 12.6. The molecule has 0 aliphatic rings. The number of benzene rings is 1. The van der Waals surface area contributed by atoms with Crippen molar-refractivity contribution in [1.29, 1.82) is 0 Å². The van der Waals surface area contributed by atoms with E-state index in [1.807, 2.05) is 0 Å². The molecule has 0 fully saturated rings. The van der Waals surface area contributed by atoms with E-state index < -0.39 is 0 Å². The summed E-state index contributed by atoms with van der Waals surface area (Å²) < 4.78 is 13.1. The van der Waals surface area contributed by atoms with Gasteiger partial charge < -0.3 is 5.43 Å². The molecule has 0 amide bonds. The minimum Gasteiger partial charge on any atom is -0.324 e. The van der Waals surface area contributed by atoms with E-state index in [2.05, 4.69) is 21.4 Å². The van der Waals surface area contributed by atoms with Crippen molar-refractivity contribution < 1.29 is 4.39 Å². The molecular formula is C6H6BrFN2. The molecule has 10 heavy (non-hydrogen) atoms. The fraction of sp³-hybridized carbons (Fsp3) is 0.